The van der Waals surface area contributed by atoms with Gasteiger partial charge in [-0.2, -0.15) is 0 Å². The summed E-state index contributed by atoms with van der Waals surface area (Å²) in [5, 5.41) is 0. The van der Waals surface area contributed by atoms with Gasteiger partial charge in [0.25, 0.3) is 0 Å². The fourth-order valence-corrected chi connectivity index (χ4v) is 2.41. The molecular weight excluding hydrogens is 134 g/mol. The van der Waals surface area contributed by atoms with Gasteiger partial charge in [0.15, 0.2) is 0 Å². The van der Waals surface area contributed by atoms with Crippen LogP contribution in [0, 0.1) is 11.8 Å². The van der Waals surface area contributed by atoms with Gasteiger partial charge in [0.05, 0.1) is 0 Å². The van der Waals surface area contributed by atoms with Gasteiger partial charge >= 0.3 is 0 Å². The molecule has 0 amide bonds. The first-order chi connectivity index (χ1) is 5.27. The second kappa shape index (κ2) is 2.78. The third-order valence-electron chi connectivity index (χ3n) is 2.97. The minimum Gasteiger partial charge on any atom is -0.300 e. The second-order valence-corrected chi connectivity index (χ2v) is 4.59. The molecule has 1 saturated heterocycles. The van der Waals surface area contributed by atoms with Crippen molar-refractivity contribution in [1.29, 1.82) is 0 Å². The topological polar surface area (TPSA) is 3.24 Å². The number of rotatable bonds is 2. The molecule has 0 radical (unpaired) electrons. The van der Waals surface area contributed by atoms with Crippen LogP contribution in [0.5, 0.6) is 0 Å². The Balaban J connectivity index is 1.83. The maximum atomic E-state index is 2.71. The van der Waals surface area contributed by atoms with E-state index in [4.69, 9.17) is 0 Å². The van der Waals surface area contributed by atoms with Gasteiger partial charge in [-0.1, -0.05) is 13.8 Å². The molecule has 1 saturated carbocycles. The zero-order valence-corrected chi connectivity index (χ0v) is 7.71. The number of hydrogen-bond acceptors (Lipinski definition) is 1. The van der Waals surface area contributed by atoms with Crippen LogP contribution in [-0.2, 0) is 0 Å². The van der Waals surface area contributed by atoms with E-state index in [1.807, 2.05) is 0 Å². The molecule has 0 aromatic rings. The molecule has 1 aliphatic carbocycles. The average molecular weight is 153 g/mol. The number of likely N-dealkylation sites (tertiary alicyclic amines) is 1. The van der Waals surface area contributed by atoms with Crippen molar-refractivity contribution in [2.45, 2.75) is 39.2 Å². The highest BCUT2D eigenvalue weighted by molar-refractivity contribution is 4.98. The third-order valence-corrected chi connectivity index (χ3v) is 2.97. The van der Waals surface area contributed by atoms with Gasteiger partial charge in [-0.05, 0) is 37.6 Å². The zero-order chi connectivity index (χ0) is 7.84. The van der Waals surface area contributed by atoms with E-state index in [0.29, 0.717) is 0 Å². The van der Waals surface area contributed by atoms with E-state index in [1.165, 1.54) is 32.4 Å². The minimum atomic E-state index is 0.856. The van der Waals surface area contributed by atoms with Gasteiger partial charge in [0.2, 0.25) is 0 Å². The number of nitrogens with zero attached hydrogens (tertiary/aromatic N) is 1. The molecule has 0 aromatic carbocycles. The SMILES string of the molecule is CC(C)CN1CCCC2C[C@@H]21. The van der Waals surface area contributed by atoms with Crippen molar-refractivity contribution in [2.24, 2.45) is 11.8 Å². The maximum absolute atomic E-state index is 2.71. The summed E-state index contributed by atoms with van der Waals surface area (Å²) in [7, 11) is 0. The van der Waals surface area contributed by atoms with Gasteiger partial charge in [-0.15, -0.1) is 0 Å². The Morgan fingerprint density at radius 3 is 3.00 bits per heavy atom. The molecular formula is C10H19N. The van der Waals surface area contributed by atoms with Crippen LogP contribution >= 0.6 is 0 Å². The molecule has 0 bridgehead atoms. The van der Waals surface area contributed by atoms with Crippen LogP contribution in [0.1, 0.15) is 33.1 Å². The molecule has 1 unspecified atom stereocenters. The van der Waals surface area contributed by atoms with Crippen molar-refractivity contribution >= 4 is 0 Å². The Hall–Kier alpha value is -0.0400. The molecule has 2 fully saturated rings. The van der Waals surface area contributed by atoms with E-state index in [2.05, 4.69) is 18.7 Å². The summed E-state index contributed by atoms with van der Waals surface area (Å²) >= 11 is 0. The summed E-state index contributed by atoms with van der Waals surface area (Å²) in [5.74, 6) is 1.96. The van der Waals surface area contributed by atoms with Crippen LogP contribution in [0.25, 0.3) is 0 Å². The van der Waals surface area contributed by atoms with E-state index in [0.717, 1.165) is 17.9 Å². The molecule has 2 atom stereocenters. The molecule has 2 aliphatic rings. The summed E-state index contributed by atoms with van der Waals surface area (Å²) in [6.45, 7) is 7.36. The predicted octanol–water partition coefficient (Wildman–Crippen LogP) is 2.13. The Labute approximate surface area is 69.8 Å². The summed E-state index contributed by atoms with van der Waals surface area (Å²) in [6, 6.07) is 1.01. The fraction of sp³-hybridized carbons (Fsp3) is 1.00. The van der Waals surface area contributed by atoms with Gasteiger partial charge in [0, 0.05) is 12.6 Å². The molecule has 0 spiro atoms. The van der Waals surface area contributed by atoms with E-state index in [9.17, 15) is 0 Å². The molecule has 1 nitrogen and oxygen atoms in total. The van der Waals surface area contributed by atoms with Crippen LogP contribution in [-0.4, -0.2) is 24.0 Å². The van der Waals surface area contributed by atoms with Crippen molar-refractivity contribution in [2.75, 3.05) is 13.1 Å². The highest BCUT2D eigenvalue weighted by Gasteiger charge is 2.43. The van der Waals surface area contributed by atoms with E-state index < -0.39 is 0 Å². The zero-order valence-electron chi connectivity index (χ0n) is 7.71. The molecule has 0 N–H and O–H groups in total. The van der Waals surface area contributed by atoms with Crippen molar-refractivity contribution in [1.82, 2.24) is 4.90 Å². The summed E-state index contributed by atoms with van der Waals surface area (Å²) in [4.78, 5) is 2.71. The quantitative estimate of drug-likeness (QED) is 0.587. The van der Waals surface area contributed by atoms with Crippen LogP contribution in [0.2, 0.25) is 0 Å². The Morgan fingerprint density at radius 1 is 1.45 bits per heavy atom. The van der Waals surface area contributed by atoms with Gasteiger partial charge in [-0.25, -0.2) is 0 Å². The van der Waals surface area contributed by atoms with E-state index in [-0.39, 0.29) is 0 Å². The molecule has 64 valence electrons. The van der Waals surface area contributed by atoms with Gasteiger partial charge in [0.1, 0.15) is 0 Å². The summed E-state index contributed by atoms with van der Waals surface area (Å²) in [5.41, 5.74) is 0. The highest BCUT2D eigenvalue weighted by Crippen LogP contribution is 2.43. The lowest BCUT2D eigenvalue weighted by atomic mass is 10.1. The monoisotopic (exact) mass is 153 g/mol. The molecule has 2 rings (SSSR count). The lowest BCUT2D eigenvalue weighted by Crippen LogP contribution is -2.34. The van der Waals surface area contributed by atoms with Crippen LogP contribution in [0.15, 0.2) is 0 Å². The molecule has 11 heavy (non-hydrogen) atoms. The fourth-order valence-electron chi connectivity index (χ4n) is 2.41. The first-order valence-corrected chi connectivity index (χ1v) is 5.01. The Kier molecular flexibility index (Phi) is 1.92. The minimum absolute atomic E-state index is 0.856. The smallest absolute Gasteiger partial charge is 0.0127 e. The number of piperidine rings is 1. The first-order valence-electron chi connectivity index (χ1n) is 5.01. The molecule has 1 aliphatic heterocycles. The first kappa shape index (κ1) is 7.60. The lowest BCUT2D eigenvalue weighted by molar-refractivity contribution is 0.193. The lowest BCUT2D eigenvalue weighted by Gasteiger charge is -2.27. The third kappa shape index (κ3) is 1.58. The summed E-state index contributed by atoms with van der Waals surface area (Å²) in [6.07, 6.45) is 4.47. The molecule has 0 aromatic heterocycles. The molecule has 1 heterocycles. The largest absolute Gasteiger partial charge is 0.300 e. The summed E-state index contributed by atoms with van der Waals surface area (Å²) < 4.78 is 0. The second-order valence-electron chi connectivity index (χ2n) is 4.59. The Morgan fingerprint density at radius 2 is 2.27 bits per heavy atom. The maximum Gasteiger partial charge on any atom is 0.0127 e. The number of fused-ring (bicyclic) bond motifs is 1. The highest BCUT2D eigenvalue weighted by atomic mass is 15.2. The van der Waals surface area contributed by atoms with Crippen molar-refractivity contribution in [3.63, 3.8) is 0 Å². The molecule has 1 heteroatoms. The van der Waals surface area contributed by atoms with Gasteiger partial charge in [-0.3, -0.25) is 4.90 Å². The predicted molar refractivity (Wildman–Crippen MR) is 47.5 cm³/mol. The van der Waals surface area contributed by atoms with Crippen molar-refractivity contribution in [3.05, 3.63) is 0 Å². The van der Waals surface area contributed by atoms with Crippen molar-refractivity contribution < 1.29 is 0 Å². The normalized spacial score (nSPS) is 37.4. The van der Waals surface area contributed by atoms with Gasteiger partial charge < -0.3 is 0 Å². The van der Waals surface area contributed by atoms with E-state index >= 15 is 0 Å². The average Bonchev–Trinajstić information content (AvgIpc) is 2.65. The Bertz CT molecular complexity index is 142. The van der Waals surface area contributed by atoms with Crippen LogP contribution in [0.4, 0.5) is 0 Å². The van der Waals surface area contributed by atoms with Crippen molar-refractivity contribution in [3.8, 4) is 0 Å². The van der Waals surface area contributed by atoms with Crippen LogP contribution < -0.4 is 0 Å². The van der Waals surface area contributed by atoms with E-state index in [1.54, 1.807) is 0 Å². The van der Waals surface area contributed by atoms with Crippen LogP contribution in [0.3, 0.4) is 0 Å². The number of hydrogen-bond donors (Lipinski definition) is 0. The standard InChI is InChI=1S/C10H19N/c1-8(2)7-11-5-3-4-9-6-10(9)11/h8-10H,3-7H2,1-2H3/t9?,10-/m0/s1.